The largest absolute Gasteiger partial charge is 0.265 e. The normalized spacial score (nSPS) is 20.1. The average molecular weight is 554 g/mol. The number of hydrogen-bond donors (Lipinski definition) is 0. The molecule has 0 bridgehead atoms. The highest BCUT2D eigenvalue weighted by atomic mass is 32.2. The van der Waals surface area contributed by atoms with Gasteiger partial charge < -0.3 is 0 Å². The van der Waals surface area contributed by atoms with Crippen LogP contribution in [0.4, 0.5) is 0 Å². The van der Waals surface area contributed by atoms with Gasteiger partial charge in [-0.3, -0.25) is 4.31 Å². The van der Waals surface area contributed by atoms with Crippen molar-refractivity contribution in [1.29, 1.82) is 0 Å². The average Bonchev–Trinajstić information content (AvgIpc) is 2.88. The summed E-state index contributed by atoms with van der Waals surface area (Å²) < 4.78 is 57.1. The van der Waals surface area contributed by atoms with Gasteiger partial charge in [0.15, 0.2) is 0 Å². The molecular formula is C29H31NO4S3. The van der Waals surface area contributed by atoms with Gasteiger partial charge in [0.25, 0.3) is 10.0 Å². The highest BCUT2D eigenvalue weighted by Gasteiger charge is 2.43. The zero-order valence-corrected chi connectivity index (χ0v) is 23.5. The second kappa shape index (κ2) is 10.3. The number of fused-ring (bicyclic) bond motifs is 1. The summed E-state index contributed by atoms with van der Waals surface area (Å²) in [5.41, 5.74) is 2.85. The molecule has 1 aliphatic carbocycles. The Kier molecular flexibility index (Phi) is 7.27. The van der Waals surface area contributed by atoms with Gasteiger partial charge in [0, 0.05) is 4.90 Å². The second-order valence-electron chi connectivity index (χ2n) is 9.91. The first-order chi connectivity index (χ1) is 17.7. The van der Waals surface area contributed by atoms with Crippen molar-refractivity contribution < 1.29 is 16.8 Å². The molecule has 0 unspecified atom stereocenters. The van der Waals surface area contributed by atoms with E-state index >= 15 is 0 Å². The fourth-order valence-corrected chi connectivity index (χ4v) is 9.77. The van der Waals surface area contributed by atoms with Crippen molar-refractivity contribution >= 4 is 31.6 Å². The summed E-state index contributed by atoms with van der Waals surface area (Å²) in [4.78, 5) is 1.21. The molecule has 5 rings (SSSR count). The summed E-state index contributed by atoms with van der Waals surface area (Å²) in [5, 5.41) is 1.37. The topological polar surface area (TPSA) is 71.5 Å². The van der Waals surface area contributed by atoms with Crippen LogP contribution in [0.1, 0.15) is 54.8 Å². The van der Waals surface area contributed by atoms with Crippen LogP contribution in [-0.4, -0.2) is 21.1 Å². The lowest BCUT2D eigenvalue weighted by Crippen LogP contribution is -2.40. The minimum Gasteiger partial charge on any atom is -0.252 e. The predicted octanol–water partition coefficient (Wildman–Crippen LogP) is 6.99. The highest BCUT2D eigenvalue weighted by molar-refractivity contribution is 8.05. The lowest BCUT2D eigenvalue weighted by molar-refractivity contribution is 0.220. The number of thioether (sulfide) groups is 1. The number of sulfonamides is 1. The van der Waals surface area contributed by atoms with Crippen LogP contribution in [-0.2, 0) is 19.9 Å². The van der Waals surface area contributed by atoms with E-state index in [1.807, 2.05) is 38.1 Å². The number of nitrogens with zero attached hydrogens (tertiary/aromatic N) is 1. The molecule has 3 aromatic carbocycles. The molecule has 3 aromatic rings. The molecule has 0 radical (unpaired) electrons. The van der Waals surface area contributed by atoms with Crippen LogP contribution in [0.3, 0.4) is 0 Å². The third-order valence-corrected chi connectivity index (χ3v) is 11.9. The minimum atomic E-state index is -4.05. The zero-order valence-electron chi connectivity index (χ0n) is 21.0. The Hall–Kier alpha value is -2.55. The highest BCUT2D eigenvalue weighted by Crippen LogP contribution is 2.52. The first-order valence-electron chi connectivity index (χ1n) is 12.6. The standard InChI is InChI=1S/C29H31NO4S3/c1-21-12-16-24(17-13-21)36(31,32)20-28-30(37(33,34)25-18-14-22(2)15-19-25)29(23-8-4-3-5-9-23)26-10-6-7-11-27(26)35-28/h6-7,10-20,23,29H,3-5,8-9H2,1-2H3/b28-20-/t29-/m1/s1. The Morgan fingerprint density at radius 1 is 0.757 bits per heavy atom. The van der Waals surface area contributed by atoms with Gasteiger partial charge in [-0.2, -0.15) is 0 Å². The Morgan fingerprint density at radius 3 is 1.95 bits per heavy atom. The first kappa shape index (κ1) is 26.1. The number of sulfone groups is 1. The van der Waals surface area contributed by atoms with Crippen molar-refractivity contribution in [2.75, 3.05) is 0 Å². The van der Waals surface area contributed by atoms with E-state index in [1.165, 1.54) is 16.1 Å². The molecule has 8 heteroatoms. The van der Waals surface area contributed by atoms with E-state index in [2.05, 4.69) is 0 Å². The van der Waals surface area contributed by atoms with Crippen molar-refractivity contribution in [2.24, 2.45) is 5.92 Å². The van der Waals surface area contributed by atoms with E-state index in [1.54, 1.807) is 48.5 Å². The van der Waals surface area contributed by atoms with Crippen molar-refractivity contribution in [3.63, 3.8) is 0 Å². The molecule has 37 heavy (non-hydrogen) atoms. The van der Waals surface area contributed by atoms with Crippen LogP contribution in [0.2, 0.25) is 0 Å². The van der Waals surface area contributed by atoms with Crippen LogP contribution in [0.5, 0.6) is 0 Å². The Bertz CT molecular complexity index is 1520. The maximum Gasteiger partial charge on any atom is 0.265 e. The Morgan fingerprint density at radius 2 is 1.32 bits per heavy atom. The molecule has 0 spiro atoms. The lowest BCUT2D eigenvalue weighted by Gasteiger charge is -2.43. The summed E-state index contributed by atoms with van der Waals surface area (Å²) >= 11 is 1.21. The van der Waals surface area contributed by atoms with E-state index in [9.17, 15) is 16.8 Å². The molecule has 5 nitrogen and oxygen atoms in total. The number of hydrogen-bond acceptors (Lipinski definition) is 5. The van der Waals surface area contributed by atoms with Gasteiger partial charge in [0.05, 0.1) is 21.2 Å². The summed E-state index contributed by atoms with van der Waals surface area (Å²) in [6.07, 6.45) is 5.02. The molecule has 1 saturated carbocycles. The summed E-state index contributed by atoms with van der Waals surface area (Å²) in [7, 11) is -7.96. The van der Waals surface area contributed by atoms with E-state index in [0.717, 1.165) is 59.1 Å². The van der Waals surface area contributed by atoms with Crippen LogP contribution >= 0.6 is 11.8 Å². The molecule has 0 aromatic heterocycles. The third-order valence-electron chi connectivity index (χ3n) is 7.20. The molecule has 1 aliphatic heterocycles. The van der Waals surface area contributed by atoms with Gasteiger partial charge in [0.2, 0.25) is 9.84 Å². The molecule has 1 heterocycles. The number of aryl methyl sites for hydroxylation is 2. The molecule has 0 N–H and O–H groups in total. The van der Waals surface area contributed by atoms with Crippen molar-refractivity contribution in [2.45, 2.75) is 66.7 Å². The van der Waals surface area contributed by atoms with Gasteiger partial charge in [0.1, 0.15) is 5.03 Å². The molecular weight excluding hydrogens is 523 g/mol. The van der Waals surface area contributed by atoms with E-state index in [-0.39, 0.29) is 20.7 Å². The smallest absolute Gasteiger partial charge is 0.252 e. The molecule has 0 saturated heterocycles. The predicted molar refractivity (Wildman–Crippen MR) is 148 cm³/mol. The monoisotopic (exact) mass is 553 g/mol. The Labute approximate surface area is 224 Å². The van der Waals surface area contributed by atoms with Gasteiger partial charge in [-0.25, -0.2) is 16.8 Å². The van der Waals surface area contributed by atoms with Gasteiger partial charge in [-0.1, -0.05) is 84.6 Å². The summed E-state index contributed by atoms with van der Waals surface area (Å²) in [6.45, 7) is 3.81. The van der Waals surface area contributed by atoms with Gasteiger partial charge >= 0.3 is 0 Å². The van der Waals surface area contributed by atoms with Crippen LogP contribution in [0.15, 0.2) is 97.9 Å². The number of benzene rings is 3. The summed E-state index contributed by atoms with van der Waals surface area (Å²) in [6, 6.07) is 20.7. The fourth-order valence-electron chi connectivity index (χ4n) is 5.23. The Balaban J connectivity index is 1.72. The third kappa shape index (κ3) is 5.24. The summed E-state index contributed by atoms with van der Waals surface area (Å²) in [5.74, 6) is 0.0986. The quantitative estimate of drug-likeness (QED) is 0.340. The zero-order chi connectivity index (χ0) is 26.2. The van der Waals surface area contributed by atoms with Crippen molar-refractivity contribution in [1.82, 2.24) is 4.31 Å². The first-order valence-corrected chi connectivity index (χ1v) is 16.4. The van der Waals surface area contributed by atoms with Gasteiger partial charge in [-0.15, -0.1) is 0 Å². The molecule has 2 aliphatic rings. The van der Waals surface area contributed by atoms with Crippen molar-refractivity contribution in [3.8, 4) is 0 Å². The van der Waals surface area contributed by atoms with Crippen LogP contribution < -0.4 is 0 Å². The van der Waals surface area contributed by atoms with E-state index in [4.69, 9.17) is 0 Å². The van der Waals surface area contributed by atoms with Gasteiger partial charge in [-0.05, 0) is 68.5 Å². The second-order valence-corrected chi connectivity index (χ2v) is 14.6. The maximum absolute atomic E-state index is 14.3. The molecule has 1 fully saturated rings. The fraction of sp³-hybridized carbons (Fsp3) is 0.310. The maximum atomic E-state index is 14.3. The van der Waals surface area contributed by atoms with E-state index < -0.39 is 25.9 Å². The lowest BCUT2D eigenvalue weighted by atomic mass is 9.81. The SMILES string of the molecule is Cc1ccc(S(=O)(=O)/C=C2\Sc3ccccc3[C@@H](C3CCCCC3)N2S(=O)(=O)c2ccc(C)cc2)cc1. The van der Waals surface area contributed by atoms with Crippen LogP contribution in [0, 0.1) is 19.8 Å². The van der Waals surface area contributed by atoms with E-state index in [0.29, 0.717) is 0 Å². The molecule has 1 atom stereocenters. The number of rotatable bonds is 5. The molecule has 0 amide bonds. The van der Waals surface area contributed by atoms with Crippen LogP contribution in [0.25, 0.3) is 0 Å². The van der Waals surface area contributed by atoms with Crippen molar-refractivity contribution in [3.05, 3.63) is 99.9 Å². The molecule has 194 valence electrons. The minimum absolute atomic E-state index is 0.0986.